The molecule has 0 saturated heterocycles. The standard InChI is InChI=1S/C9H3ClF6O/c10-5-2-1-4(3-17)6(8(11,12)13)7(5)9(14,15)16/h1-3H. The summed E-state index contributed by atoms with van der Waals surface area (Å²) < 4.78 is 74.8. The van der Waals surface area contributed by atoms with Crippen LogP contribution in [0.25, 0.3) is 0 Å². The molecule has 0 unspecified atom stereocenters. The molecule has 1 aromatic rings. The van der Waals surface area contributed by atoms with Gasteiger partial charge < -0.3 is 0 Å². The van der Waals surface area contributed by atoms with Gasteiger partial charge in [0.25, 0.3) is 0 Å². The van der Waals surface area contributed by atoms with E-state index in [1.807, 2.05) is 0 Å². The second kappa shape index (κ2) is 4.21. The monoisotopic (exact) mass is 276 g/mol. The minimum atomic E-state index is -5.31. The predicted octanol–water partition coefficient (Wildman–Crippen LogP) is 4.19. The van der Waals surface area contributed by atoms with Gasteiger partial charge in [-0.3, -0.25) is 4.79 Å². The molecule has 17 heavy (non-hydrogen) atoms. The van der Waals surface area contributed by atoms with Gasteiger partial charge in [-0.15, -0.1) is 0 Å². The summed E-state index contributed by atoms with van der Waals surface area (Å²) in [6.07, 6.45) is -10.9. The SMILES string of the molecule is O=Cc1ccc(Cl)c(C(F)(F)F)c1C(F)(F)F. The lowest BCUT2D eigenvalue weighted by Crippen LogP contribution is -2.19. The zero-order valence-corrected chi connectivity index (χ0v) is 8.54. The number of carbonyl (C=O) groups is 1. The number of halogens is 7. The van der Waals surface area contributed by atoms with E-state index in [1.54, 1.807) is 0 Å². The molecule has 1 rings (SSSR count). The zero-order chi connectivity index (χ0) is 13.4. The van der Waals surface area contributed by atoms with Crippen LogP contribution < -0.4 is 0 Å². The van der Waals surface area contributed by atoms with Crippen molar-refractivity contribution in [2.45, 2.75) is 12.4 Å². The summed E-state index contributed by atoms with van der Waals surface area (Å²) >= 11 is 5.11. The smallest absolute Gasteiger partial charge is 0.298 e. The van der Waals surface area contributed by atoms with E-state index < -0.39 is 34.1 Å². The minimum Gasteiger partial charge on any atom is -0.298 e. The summed E-state index contributed by atoms with van der Waals surface area (Å²) in [7, 11) is 0. The lowest BCUT2D eigenvalue weighted by Gasteiger charge is -2.18. The number of aldehydes is 1. The third-order valence-corrected chi connectivity index (χ3v) is 2.20. The van der Waals surface area contributed by atoms with E-state index in [9.17, 15) is 31.1 Å². The molecule has 0 amide bonds. The summed E-state index contributed by atoms with van der Waals surface area (Å²) in [5, 5.41) is -1.10. The van der Waals surface area contributed by atoms with E-state index in [1.165, 1.54) is 0 Å². The first-order valence-corrected chi connectivity index (χ1v) is 4.39. The van der Waals surface area contributed by atoms with Crippen LogP contribution >= 0.6 is 11.6 Å². The Morgan fingerprint density at radius 3 is 1.76 bits per heavy atom. The van der Waals surface area contributed by atoms with Crippen molar-refractivity contribution >= 4 is 17.9 Å². The molecule has 0 radical (unpaired) electrons. The first-order valence-electron chi connectivity index (χ1n) is 4.01. The Morgan fingerprint density at radius 2 is 1.41 bits per heavy atom. The van der Waals surface area contributed by atoms with Gasteiger partial charge in [0.05, 0.1) is 16.1 Å². The molecule has 1 aromatic carbocycles. The number of hydrogen-bond acceptors (Lipinski definition) is 1. The van der Waals surface area contributed by atoms with Gasteiger partial charge in [-0.25, -0.2) is 0 Å². The lowest BCUT2D eigenvalue weighted by atomic mass is 10.0. The van der Waals surface area contributed by atoms with Crippen LogP contribution in [0.15, 0.2) is 12.1 Å². The molecule has 0 spiro atoms. The van der Waals surface area contributed by atoms with Gasteiger partial charge >= 0.3 is 12.4 Å². The fraction of sp³-hybridized carbons (Fsp3) is 0.222. The Hall–Kier alpha value is -1.24. The topological polar surface area (TPSA) is 17.1 Å². The van der Waals surface area contributed by atoms with Crippen LogP contribution in [0.4, 0.5) is 26.3 Å². The fourth-order valence-electron chi connectivity index (χ4n) is 1.27. The molecule has 0 bridgehead atoms. The highest BCUT2D eigenvalue weighted by molar-refractivity contribution is 6.31. The molecule has 0 saturated carbocycles. The Labute approximate surface area is 96.0 Å². The fourth-order valence-corrected chi connectivity index (χ4v) is 1.54. The van der Waals surface area contributed by atoms with Crippen molar-refractivity contribution in [3.63, 3.8) is 0 Å². The van der Waals surface area contributed by atoms with Gasteiger partial charge in [0, 0.05) is 5.56 Å². The van der Waals surface area contributed by atoms with Crippen LogP contribution in [0.5, 0.6) is 0 Å². The Morgan fingerprint density at radius 1 is 0.941 bits per heavy atom. The van der Waals surface area contributed by atoms with Crippen molar-refractivity contribution in [3.05, 3.63) is 33.8 Å². The van der Waals surface area contributed by atoms with Crippen molar-refractivity contribution in [1.29, 1.82) is 0 Å². The summed E-state index contributed by atoms with van der Waals surface area (Å²) in [6, 6.07) is 1.19. The number of benzene rings is 1. The molecule has 0 aliphatic carbocycles. The second-order valence-corrected chi connectivity index (χ2v) is 3.41. The molecule has 0 atom stereocenters. The summed E-state index contributed by atoms with van der Waals surface area (Å²) in [5.74, 6) is 0. The number of rotatable bonds is 1. The van der Waals surface area contributed by atoms with Crippen LogP contribution in [-0.4, -0.2) is 6.29 Å². The molecule has 94 valence electrons. The summed E-state index contributed by atoms with van der Waals surface area (Å²) in [5.41, 5.74) is -5.21. The van der Waals surface area contributed by atoms with E-state index in [0.29, 0.717) is 12.1 Å². The molecular formula is C9H3ClF6O. The highest BCUT2D eigenvalue weighted by atomic mass is 35.5. The third-order valence-electron chi connectivity index (χ3n) is 1.88. The van der Waals surface area contributed by atoms with E-state index in [2.05, 4.69) is 0 Å². The number of hydrogen-bond donors (Lipinski definition) is 0. The van der Waals surface area contributed by atoms with E-state index in [0.717, 1.165) is 0 Å². The molecule has 1 nitrogen and oxygen atoms in total. The third kappa shape index (κ3) is 2.71. The van der Waals surface area contributed by atoms with Crippen molar-refractivity contribution in [1.82, 2.24) is 0 Å². The normalized spacial score (nSPS) is 12.6. The van der Waals surface area contributed by atoms with E-state index >= 15 is 0 Å². The average Bonchev–Trinajstić information content (AvgIpc) is 2.13. The second-order valence-electron chi connectivity index (χ2n) is 3.00. The zero-order valence-electron chi connectivity index (χ0n) is 7.79. The van der Waals surface area contributed by atoms with Crippen molar-refractivity contribution in [3.8, 4) is 0 Å². The molecule has 0 aromatic heterocycles. The Bertz CT molecular complexity index is 448. The Balaban J connectivity index is 3.73. The molecule has 0 fully saturated rings. The summed E-state index contributed by atoms with van der Waals surface area (Å²) in [6.45, 7) is 0. The maximum absolute atomic E-state index is 12.5. The van der Waals surface area contributed by atoms with Crippen LogP contribution in [0, 0.1) is 0 Å². The molecule has 0 heterocycles. The van der Waals surface area contributed by atoms with Gasteiger partial charge in [0.2, 0.25) is 0 Å². The van der Waals surface area contributed by atoms with Crippen LogP contribution in [0.2, 0.25) is 5.02 Å². The minimum absolute atomic E-state index is 0.297. The number of alkyl halides is 6. The van der Waals surface area contributed by atoms with Gasteiger partial charge in [0.1, 0.15) is 0 Å². The average molecular weight is 277 g/mol. The van der Waals surface area contributed by atoms with Crippen LogP contribution in [-0.2, 0) is 12.4 Å². The van der Waals surface area contributed by atoms with Gasteiger partial charge in [-0.05, 0) is 12.1 Å². The highest BCUT2D eigenvalue weighted by Gasteiger charge is 2.46. The van der Waals surface area contributed by atoms with Crippen molar-refractivity contribution in [2.75, 3.05) is 0 Å². The molecule has 0 aliphatic heterocycles. The quantitative estimate of drug-likeness (QED) is 0.555. The lowest BCUT2D eigenvalue weighted by molar-refractivity contribution is -0.162. The van der Waals surface area contributed by atoms with Gasteiger partial charge in [0.15, 0.2) is 6.29 Å². The number of carbonyl (C=O) groups excluding carboxylic acids is 1. The van der Waals surface area contributed by atoms with Gasteiger partial charge in [-0.1, -0.05) is 11.6 Å². The molecular weight excluding hydrogens is 274 g/mol. The molecule has 0 N–H and O–H groups in total. The predicted molar refractivity (Wildman–Crippen MR) is 46.8 cm³/mol. The highest BCUT2D eigenvalue weighted by Crippen LogP contribution is 2.44. The van der Waals surface area contributed by atoms with Crippen molar-refractivity contribution in [2.24, 2.45) is 0 Å². The maximum Gasteiger partial charge on any atom is 0.418 e. The van der Waals surface area contributed by atoms with Crippen molar-refractivity contribution < 1.29 is 31.1 Å². The van der Waals surface area contributed by atoms with E-state index in [-0.39, 0.29) is 6.29 Å². The molecule has 0 aliphatic rings. The first-order chi connectivity index (χ1) is 7.59. The van der Waals surface area contributed by atoms with Crippen LogP contribution in [0.3, 0.4) is 0 Å². The van der Waals surface area contributed by atoms with Crippen LogP contribution in [0.1, 0.15) is 21.5 Å². The van der Waals surface area contributed by atoms with Gasteiger partial charge in [-0.2, -0.15) is 26.3 Å². The summed E-state index contributed by atoms with van der Waals surface area (Å²) in [4.78, 5) is 10.4. The molecule has 8 heteroatoms. The maximum atomic E-state index is 12.5. The largest absolute Gasteiger partial charge is 0.418 e. The first kappa shape index (κ1) is 13.8. The Kier molecular flexibility index (Phi) is 3.42. The van der Waals surface area contributed by atoms with E-state index in [4.69, 9.17) is 11.6 Å².